The molecule has 0 saturated heterocycles. The molecule has 2 aliphatic rings. The number of hydrogen-bond donors (Lipinski definition) is 1. The van der Waals surface area contributed by atoms with Crippen molar-refractivity contribution in [1.29, 1.82) is 0 Å². The first-order valence-electron chi connectivity index (χ1n) is 8.12. The number of aryl methyl sites for hydroxylation is 1. The lowest BCUT2D eigenvalue weighted by atomic mass is 10.0. The lowest BCUT2D eigenvalue weighted by molar-refractivity contribution is -0.122. The molecule has 3 atom stereocenters. The number of carbonyl (C=O) groups is 1. The maximum absolute atomic E-state index is 12.1. The molecule has 112 valence electrons. The van der Waals surface area contributed by atoms with E-state index in [1.165, 1.54) is 31.2 Å². The van der Waals surface area contributed by atoms with Crippen LogP contribution in [0.5, 0.6) is 0 Å². The molecule has 1 N–H and O–H groups in total. The van der Waals surface area contributed by atoms with Gasteiger partial charge in [-0.1, -0.05) is 43.2 Å². The molecule has 0 radical (unpaired) electrons. The number of nitrogens with one attached hydrogen (secondary N) is 1. The molecule has 21 heavy (non-hydrogen) atoms. The van der Waals surface area contributed by atoms with E-state index >= 15 is 0 Å². The number of benzene rings is 1. The largest absolute Gasteiger partial charge is 0.273 e. The summed E-state index contributed by atoms with van der Waals surface area (Å²) < 4.78 is 0. The fourth-order valence-electron chi connectivity index (χ4n) is 3.63. The zero-order valence-electron chi connectivity index (χ0n) is 12.7. The average Bonchev–Trinajstić information content (AvgIpc) is 3.26. The van der Waals surface area contributed by atoms with Crippen molar-refractivity contribution in [3.63, 3.8) is 0 Å². The molecule has 2 saturated carbocycles. The van der Waals surface area contributed by atoms with Crippen molar-refractivity contribution < 1.29 is 4.79 Å². The van der Waals surface area contributed by atoms with E-state index in [1.54, 1.807) is 0 Å². The minimum atomic E-state index is 0.144. The predicted molar refractivity (Wildman–Crippen MR) is 85.0 cm³/mol. The van der Waals surface area contributed by atoms with Gasteiger partial charge in [0.2, 0.25) is 5.91 Å². The summed E-state index contributed by atoms with van der Waals surface area (Å²) in [6.07, 6.45) is 6.93. The van der Waals surface area contributed by atoms with E-state index in [2.05, 4.69) is 34.8 Å². The SMILES string of the molecule is CC(CCc1ccccc1)=NNC(=O)C1[C@H]2CCCC[C@@H]12. The molecule has 1 amide bonds. The van der Waals surface area contributed by atoms with Crippen molar-refractivity contribution in [1.82, 2.24) is 5.43 Å². The van der Waals surface area contributed by atoms with Crippen LogP contribution in [0, 0.1) is 17.8 Å². The van der Waals surface area contributed by atoms with Crippen LogP contribution in [0.4, 0.5) is 0 Å². The highest BCUT2D eigenvalue weighted by atomic mass is 16.2. The van der Waals surface area contributed by atoms with Gasteiger partial charge in [0.1, 0.15) is 0 Å². The van der Waals surface area contributed by atoms with E-state index in [9.17, 15) is 4.79 Å². The van der Waals surface area contributed by atoms with Crippen LogP contribution < -0.4 is 5.43 Å². The van der Waals surface area contributed by atoms with Gasteiger partial charge in [0, 0.05) is 11.6 Å². The molecule has 1 unspecified atom stereocenters. The third kappa shape index (κ3) is 3.52. The Morgan fingerprint density at radius 1 is 1.19 bits per heavy atom. The number of nitrogens with zero attached hydrogens (tertiary/aromatic N) is 1. The Hall–Kier alpha value is -1.64. The third-order valence-electron chi connectivity index (χ3n) is 4.93. The summed E-state index contributed by atoms with van der Waals surface area (Å²) in [6, 6.07) is 10.4. The fraction of sp³-hybridized carbons (Fsp3) is 0.556. The molecular formula is C18H24N2O. The lowest BCUT2D eigenvalue weighted by Gasteiger charge is -2.04. The quantitative estimate of drug-likeness (QED) is 0.652. The van der Waals surface area contributed by atoms with Gasteiger partial charge in [0.05, 0.1) is 0 Å². The standard InChI is InChI=1S/C18H24N2O/c1-13(11-12-14-7-3-2-4-8-14)19-20-18(21)17-15-9-5-6-10-16(15)17/h2-4,7-8,15-17H,5-6,9-12H2,1H3,(H,20,21)/t15-,16+,17?. The van der Waals surface area contributed by atoms with Gasteiger partial charge in [-0.25, -0.2) is 5.43 Å². The van der Waals surface area contributed by atoms with Gasteiger partial charge in [0.25, 0.3) is 0 Å². The van der Waals surface area contributed by atoms with Gasteiger partial charge >= 0.3 is 0 Å². The van der Waals surface area contributed by atoms with Crippen LogP contribution in [0.3, 0.4) is 0 Å². The average molecular weight is 284 g/mol. The van der Waals surface area contributed by atoms with Crippen molar-refractivity contribution >= 4 is 11.6 Å². The zero-order valence-corrected chi connectivity index (χ0v) is 12.7. The zero-order chi connectivity index (χ0) is 14.7. The molecule has 2 aliphatic carbocycles. The summed E-state index contributed by atoms with van der Waals surface area (Å²) in [5.74, 6) is 1.70. The van der Waals surface area contributed by atoms with Crippen molar-refractivity contribution in [3.05, 3.63) is 35.9 Å². The summed E-state index contributed by atoms with van der Waals surface area (Å²) in [5.41, 5.74) is 5.09. The highest BCUT2D eigenvalue weighted by Gasteiger charge is 2.54. The van der Waals surface area contributed by atoms with Crippen LogP contribution in [0.15, 0.2) is 35.4 Å². The fourth-order valence-corrected chi connectivity index (χ4v) is 3.63. The number of carbonyl (C=O) groups excluding carboxylic acids is 1. The van der Waals surface area contributed by atoms with E-state index in [0.29, 0.717) is 11.8 Å². The predicted octanol–water partition coefficient (Wildman–Crippen LogP) is 3.55. The normalized spacial score (nSPS) is 27.9. The summed E-state index contributed by atoms with van der Waals surface area (Å²) in [7, 11) is 0. The Labute approximate surface area is 126 Å². The molecular weight excluding hydrogens is 260 g/mol. The molecule has 0 aromatic heterocycles. The van der Waals surface area contributed by atoms with Crippen molar-refractivity contribution in [2.45, 2.75) is 45.4 Å². The Morgan fingerprint density at radius 3 is 2.52 bits per heavy atom. The van der Waals surface area contributed by atoms with Gasteiger partial charge in [0.15, 0.2) is 0 Å². The van der Waals surface area contributed by atoms with E-state index in [0.717, 1.165) is 18.6 Å². The van der Waals surface area contributed by atoms with E-state index in [4.69, 9.17) is 0 Å². The molecule has 0 heterocycles. The molecule has 3 heteroatoms. The van der Waals surface area contributed by atoms with Crippen LogP contribution >= 0.6 is 0 Å². The molecule has 1 aromatic carbocycles. The van der Waals surface area contributed by atoms with E-state index < -0.39 is 0 Å². The van der Waals surface area contributed by atoms with Crippen LogP contribution in [0.1, 0.15) is 44.6 Å². The first-order chi connectivity index (χ1) is 10.3. The van der Waals surface area contributed by atoms with Gasteiger partial charge in [-0.15, -0.1) is 0 Å². The number of fused-ring (bicyclic) bond motifs is 1. The lowest BCUT2D eigenvalue weighted by Crippen LogP contribution is -2.22. The third-order valence-corrected chi connectivity index (χ3v) is 4.93. The number of rotatable bonds is 5. The highest BCUT2D eigenvalue weighted by Crippen LogP contribution is 2.55. The van der Waals surface area contributed by atoms with E-state index in [-0.39, 0.29) is 11.8 Å². The summed E-state index contributed by atoms with van der Waals surface area (Å²) in [6.45, 7) is 1.99. The first-order valence-corrected chi connectivity index (χ1v) is 8.12. The van der Waals surface area contributed by atoms with Crippen LogP contribution in [0.2, 0.25) is 0 Å². The van der Waals surface area contributed by atoms with Crippen LogP contribution in [0.25, 0.3) is 0 Å². The molecule has 3 rings (SSSR count). The Morgan fingerprint density at radius 2 is 1.86 bits per heavy atom. The maximum Gasteiger partial charge on any atom is 0.243 e. The Balaban J connectivity index is 1.44. The summed E-state index contributed by atoms with van der Waals surface area (Å²) >= 11 is 0. The maximum atomic E-state index is 12.1. The van der Waals surface area contributed by atoms with Crippen LogP contribution in [-0.2, 0) is 11.2 Å². The number of hydrazone groups is 1. The Kier molecular flexibility index (Phi) is 4.37. The second kappa shape index (κ2) is 6.42. The molecule has 2 fully saturated rings. The van der Waals surface area contributed by atoms with Gasteiger partial charge in [-0.2, -0.15) is 5.10 Å². The smallest absolute Gasteiger partial charge is 0.243 e. The summed E-state index contributed by atoms with van der Waals surface area (Å²) in [4.78, 5) is 12.1. The number of amides is 1. The minimum Gasteiger partial charge on any atom is -0.273 e. The van der Waals surface area contributed by atoms with Crippen molar-refractivity contribution in [2.24, 2.45) is 22.9 Å². The number of hydrogen-bond acceptors (Lipinski definition) is 2. The van der Waals surface area contributed by atoms with Gasteiger partial charge in [-0.05, 0) is 50.0 Å². The monoisotopic (exact) mass is 284 g/mol. The van der Waals surface area contributed by atoms with Crippen LogP contribution in [-0.4, -0.2) is 11.6 Å². The van der Waals surface area contributed by atoms with E-state index in [1.807, 2.05) is 13.0 Å². The van der Waals surface area contributed by atoms with Gasteiger partial charge < -0.3 is 0 Å². The van der Waals surface area contributed by atoms with Gasteiger partial charge in [-0.3, -0.25) is 4.79 Å². The molecule has 0 bridgehead atoms. The first kappa shape index (κ1) is 14.3. The second-order valence-corrected chi connectivity index (χ2v) is 6.45. The second-order valence-electron chi connectivity index (χ2n) is 6.45. The van der Waals surface area contributed by atoms with Crippen molar-refractivity contribution in [3.8, 4) is 0 Å². The topological polar surface area (TPSA) is 41.5 Å². The minimum absolute atomic E-state index is 0.144. The molecule has 1 aromatic rings. The highest BCUT2D eigenvalue weighted by molar-refractivity contribution is 5.86. The van der Waals surface area contributed by atoms with Crippen molar-refractivity contribution in [2.75, 3.05) is 0 Å². The molecule has 0 spiro atoms. The Bertz CT molecular complexity index is 511. The molecule has 0 aliphatic heterocycles. The summed E-state index contributed by atoms with van der Waals surface area (Å²) in [5, 5.41) is 4.28. The molecule has 3 nitrogen and oxygen atoms in total.